The first-order valence-electron chi connectivity index (χ1n) is 5.10. The summed E-state index contributed by atoms with van der Waals surface area (Å²) in [6.07, 6.45) is 2.73. The van der Waals surface area contributed by atoms with Gasteiger partial charge in [0, 0.05) is 30.4 Å². The molecule has 1 aromatic rings. The Kier molecular flexibility index (Phi) is 2.85. The maximum Gasteiger partial charge on any atom is 0.131 e. The van der Waals surface area contributed by atoms with Crippen molar-refractivity contribution in [2.75, 3.05) is 24.6 Å². The minimum atomic E-state index is 0.0236. The van der Waals surface area contributed by atoms with Gasteiger partial charge in [0.25, 0.3) is 0 Å². The third-order valence-corrected chi connectivity index (χ3v) is 3.22. The Morgan fingerprint density at radius 3 is 3.07 bits per heavy atom. The third-order valence-electron chi connectivity index (χ3n) is 3.01. The number of rotatable bonds is 2. The lowest BCUT2D eigenvalue weighted by Crippen LogP contribution is -2.27. The Morgan fingerprint density at radius 2 is 2.47 bits per heavy atom. The van der Waals surface area contributed by atoms with Crippen molar-refractivity contribution in [1.82, 2.24) is 4.98 Å². The van der Waals surface area contributed by atoms with E-state index in [9.17, 15) is 5.11 Å². The van der Waals surface area contributed by atoms with Crippen LogP contribution in [0.4, 0.5) is 5.69 Å². The molecule has 15 heavy (non-hydrogen) atoms. The normalized spacial score (nSPS) is 25.9. The van der Waals surface area contributed by atoms with E-state index in [4.69, 9.17) is 11.6 Å². The lowest BCUT2D eigenvalue weighted by atomic mass is 9.91. The van der Waals surface area contributed by atoms with Gasteiger partial charge < -0.3 is 10.0 Å². The molecule has 0 bridgehead atoms. The SMILES string of the molecule is CC1(CO)CCN(c2ccnc(Cl)c2)C1. The quantitative estimate of drug-likeness (QED) is 0.784. The average molecular weight is 227 g/mol. The zero-order valence-corrected chi connectivity index (χ0v) is 9.54. The van der Waals surface area contributed by atoms with Crippen LogP contribution in [0.15, 0.2) is 18.3 Å². The third kappa shape index (κ3) is 2.24. The van der Waals surface area contributed by atoms with Crippen LogP contribution in [0.5, 0.6) is 0 Å². The number of aliphatic hydroxyl groups is 1. The fourth-order valence-corrected chi connectivity index (χ4v) is 2.13. The highest BCUT2D eigenvalue weighted by atomic mass is 35.5. The lowest BCUT2D eigenvalue weighted by Gasteiger charge is -2.23. The summed E-state index contributed by atoms with van der Waals surface area (Å²) in [7, 11) is 0. The first-order chi connectivity index (χ1) is 7.13. The van der Waals surface area contributed by atoms with Crippen LogP contribution in [0.2, 0.25) is 5.15 Å². The summed E-state index contributed by atoms with van der Waals surface area (Å²) in [4.78, 5) is 6.20. The van der Waals surface area contributed by atoms with Gasteiger partial charge in [-0.15, -0.1) is 0 Å². The van der Waals surface area contributed by atoms with Crippen molar-refractivity contribution < 1.29 is 5.11 Å². The molecule has 1 aliphatic heterocycles. The maximum atomic E-state index is 9.28. The molecule has 0 aliphatic carbocycles. The average Bonchev–Trinajstić information content (AvgIpc) is 2.62. The van der Waals surface area contributed by atoms with Crippen LogP contribution in [0.1, 0.15) is 13.3 Å². The van der Waals surface area contributed by atoms with Crippen molar-refractivity contribution in [3.8, 4) is 0 Å². The Morgan fingerprint density at radius 1 is 1.67 bits per heavy atom. The Labute approximate surface area is 94.7 Å². The van der Waals surface area contributed by atoms with E-state index in [1.54, 1.807) is 6.20 Å². The second-order valence-electron chi connectivity index (χ2n) is 4.48. The van der Waals surface area contributed by atoms with Gasteiger partial charge in [-0.2, -0.15) is 0 Å². The van der Waals surface area contributed by atoms with Gasteiger partial charge in [-0.25, -0.2) is 4.98 Å². The number of aromatic nitrogens is 1. The van der Waals surface area contributed by atoms with Crippen LogP contribution in [-0.4, -0.2) is 29.8 Å². The molecule has 0 saturated carbocycles. The van der Waals surface area contributed by atoms with Crippen molar-refractivity contribution in [1.29, 1.82) is 0 Å². The van der Waals surface area contributed by atoms with Gasteiger partial charge in [0.1, 0.15) is 5.15 Å². The molecule has 82 valence electrons. The molecule has 1 atom stereocenters. The van der Waals surface area contributed by atoms with Gasteiger partial charge in [-0.1, -0.05) is 18.5 Å². The number of pyridine rings is 1. The van der Waals surface area contributed by atoms with Gasteiger partial charge in [0.15, 0.2) is 0 Å². The summed E-state index contributed by atoms with van der Waals surface area (Å²) in [5.41, 5.74) is 1.11. The van der Waals surface area contributed by atoms with Crippen LogP contribution in [0.25, 0.3) is 0 Å². The van der Waals surface area contributed by atoms with Gasteiger partial charge in [0.05, 0.1) is 6.61 Å². The lowest BCUT2D eigenvalue weighted by molar-refractivity contribution is 0.162. The van der Waals surface area contributed by atoms with Crippen LogP contribution in [-0.2, 0) is 0 Å². The molecule has 4 heteroatoms. The minimum absolute atomic E-state index is 0.0236. The molecule has 1 unspecified atom stereocenters. The molecule has 0 radical (unpaired) electrons. The molecule has 0 amide bonds. The van der Waals surface area contributed by atoms with E-state index in [1.165, 1.54) is 0 Å². The monoisotopic (exact) mass is 226 g/mol. The van der Waals surface area contributed by atoms with E-state index >= 15 is 0 Å². The van der Waals surface area contributed by atoms with Crippen LogP contribution in [0, 0.1) is 5.41 Å². The van der Waals surface area contributed by atoms with Gasteiger partial charge in [-0.05, 0) is 18.6 Å². The van der Waals surface area contributed by atoms with Crippen LogP contribution in [0.3, 0.4) is 0 Å². The molecule has 1 saturated heterocycles. The predicted molar refractivity (Wildman–Crippen MR) is 61.3 cm³/mol. The zero-order chi connectivity index (χ0) is 10.9. The van der Waals surface area contributed by atoms with Gasteiger partial charge >= 0.3 is 0 Å². The second kappa shape index (κ2) is 3.99. The van der Waals surface area contributed by atoms with E-state index in [0.717, 1.165) is 25.2 Å². The molecule has 2 heterocycles. The maximum absolute atomic E-state index is 9.28. The summed E-state index contributed by atoms with van der Waals surface area (Å²) < 4.78 is 0. The molecule has 0 aromatic carbocycles. The number of nitrogens with zero attached hydrogens (tertiary/aromatic N) is 2. The predicted octanol–water partition coefficient (Wildman–Crippen LogP) is 1.94. The topological polar surface area (TPSA) is 36.4 Å². The second-order valence-corrected chi connectivity index (χ2v) is 4.86. The molecule has 1 aromatic heterocycles. The van der Waals surface area contributed by atoms with E-state index in [2.05, 4.69) is 16.8 Å². The molecular weight excluding hydrogens is 212 g/mol. The number of anilines is 1. The largest absolute Gasteiger partial charge is 0.396 e. The number of hydrogen-bond acceptors (Lipinski definition) is 3. The van der Waals surface area contributed by atoms with Crippen LogP contribution >= 0.6 is 11.6 Å². The highest BCUT2D eigenvalue weighted by Crippen LogP contribution is 2.32. The summed E-state index contributed by atoms with van der Waals surface area (Å²) in [6, 6.07) is 3.82. The van der Waals surface area contributed by atoms with Crippen LogP contribution < -0.4 is 4.90 Å². The Hall–Kier alpha value is -0.800. The summed E-state index contributed by atoms with van der Waals surface area (Å²) >= 11 is 5.84. The Bertz CT molecular complexity index is 358. The number of halogens is 1. The van der Waals surface area contributed by atoms with Gasteiger partial charge in [0.2, 0.25) is 0 Å². The van der Waals surface area contributed by atoms with Gasteiger partial charge in [-0.3, -0.25) is 0 Å². The van der Waals surface area contributed by atoms with E-state index in [-0.39, 0.29) is 12.0 Å². The van der Waals surface area contributed by atoms with Crippen molar-refractivity contribution in [3.63, 3.8) is 0 Å². The zero-order valence-electron chi connectivity index (χ0n) is 8.78. The van der Waals surface area contributed by atoms with E-state index in [1.807, 2.05) is 12.1 Å². The van der Waals surface area contributed by atoms with Crippen molar-refractivity contribution >= 4 is 17.3 Å². The van der Waals surface area contributed by atoms with Crippen molar-refractivity contribution in [2.45, 2.75) is 13.3 Å². The standard InChI is InChI=1S/C11H15ClN2O/c1-11(8-15)3-5-14(7-11)9-2-4-13-10(12)6-9/h2,4,6,15H,3,5,7-8H2,1H3. The molecule has 0 spiro atoms. The fourth-order valence-electron chi connectivity index (χ4n) is 1.96. The molecule has 2 rings (SSSR count). The summed E-state index contributed by atoms with van der Waals surface area (Å²) in [5.74, 6) is 0. The summed E-state index contributed by atoms with van der Waals surface area (Å²) in [5, 5.41) is 9.80. The van der Waals surface area contributed by atoms with Crippen molar-refractivity contribution in [2.24, 2.45) is 5.41 Å². The molecular formula is C11H15ClN2O. The highest BCUT2D eigenvalue weighted by Gasteiger charge is 2.33. The molecule has 3 nitrogen and oxygen atoms in total. The first-order valence-corrected chi connectivity index (χ1v) is 5.48. The smallest absolute Gasteiger partial charge is 0.131 e. The van der Waals surface area contributed by atoms with E-state index < -0.39 is 0 Å². The fraction of sp³-hybridized carbons (Fsp3) is 0.545. The number of hydrogen-bond donors (Lipinski definition) is 1. The Balaban J connectivity index is 2.14. The van der Waals surface area contributed by atoms with Crippen molar-refractivity contribution in [3.05, 3.63) is 23.5 Å². The first kappa shape index (κ1) is 10.7. The molecule has 1 fully saturated rings. The molecule has 1 N–H and O–H groups in total. The molecule has 1 aliphatic rings. The van der Waals surface area contributed by atoms with E-state index in [0.29, 0.717) is 5.15 Å². The minimum Gasteiger partial charge on any atom is -0.396 e. The summed E-state index contributed by atoms with van der Waals surface area (Å²) in [6.45, 7) is 4.19. The highest BCUT2D eigenvalue weighted by molar-refractivity contribution is 6.29. The number of aliphatic hydroxyl groups excluding tert-OH is 1.